The molecule has 3 rings (SSSR count). The Kier molecular flexibility index (Phi) is 3.51. The normalized spacial score (nSPS) is 29.2. The second-order valence-electron chi connectivity index (χ2n) is 5.98. The van der Waals surface area contributed by atoms with Crippen molar-refractivity contribution in [2.45, 2.75) is 51.1 Å². The molecule has 0 aromatic carbocycles. The van der Waals surface area contributed by atoms with Gasteiger partial charge in [0, 0.05) is 24.7 Å². The Morgan fingerprint density at radius 2 is 2.11 bits per heavy atom. The maximum Gasteiger partial charge on any atom is 0.224 e. The Bertz CT molecular complexity index is 462. The standard InChI is InChI=1S/C15H21N3O/c1-10-4-14(9-16-8-10)18-15(19)7-11-5-12-2-3-13(6-11)17-12/h4,8-9,11-13,17H,2-3,5-7H2,1H3,(H,18,19). The van der Waals surface area contributed by atoms with Gasteiger partial charge in [0.05, 0.1) is 11.9 Å². The Balaban J connectivity index is 1.54. The summed E-state index contributed by atoms with van der Waals surface area (Å²) in [5, 5.41) is 6.57. The van der Waals surface area contributed by atoms with E-state index >= 15 is 0 Å². The lowest BCUT2D eigenvalue weighted by atomic mass is 9.89. The third-order valence-corrected chi connectivity index (χ3v) is 4.20. The highest BCUT2D eigenvalue weighted by Gasteiger charge is 2.34. The minimum absolute atomic E-state index is 0.124. The third-order valence-electron chi connectivity index (χ3n) is 4.20. The van der Waals surface area contributed by atoms with Crippen molar-refractivity contribution in [3.8, 4) is 0 Å². The van der Waals surface area contributed by atoms with Gasteiger partial charge in [-0.3, -0.25) is 9.78 Å². The van der Waals surface area contributed by atoms with Gasteiger partial charge in [0.2, 0.25) is 5.91 Å². The van der Waals surface area contributed by atoms with Crippen molar-refractivity contribution in [3.05, 3.63) is 24.0 Å². The molecule has 0 saturated carbocycles. The van der Waals surface area contributed by atoms with Crippen LogP contribution in [0, 0.1) is 12.8 Å². The fourth-order valence-electron chi connectivity index (χ4n) is 3.44. The van der Waals surface area contributed by atoms with Crippen LogP contribution in [0.5, 0.6) is 0 Å². The number of anilines is 1. The van der Waals surface area contributed by atoms with Crippen LogP contribution in [-0.4, -0.2) is 23.0 Å². The smallest absolute Gasteiger partial charge is 0.224 e. The van der Waals surface area contributed by atoms with E-state index in [-0.39, 0.29) is 5.91 Å². The third kappa shape index (κ3) is 3.13. The molecule has 2 N–H and O–H groups in total. The van der Waals surface area contributed by atoms with Gasteiger partial charge >= 0.3 is 0 Å². The Hall–Kier alpha value is -1.42. The number of rotatable bonds is 3. The number of hydrogen-bond donors (Lipinski definition) is 2. The van der Waals surface area contributed by atoms with Crippen molar-refractivity contribution < 1.29 is 4.79 Å². The van der Waals surface area contributed by atoms with Gasteiger partial charge in [-0.2, -0.15) is 0 Å². The molecule has 0 radical (unpaired) electrons. The molecule has 2 atom stereocenters. The average Bonchev–Trinajstić information content (AvgIpc) is 2.68. The summed E-state index contributed by atoms with van der Waals surface area (Å²) in [4.78, 5) is 16.2. The Morgan fingerprint density at radius 1 is 1.37 bits per heavy atom. The lowest BCUT2D eigenvalue weighted by Gasteiger charge is -2.28. The molecular weight excluding hydrogens is 238 g/mol. The molecule has 2 saturated heterocycles. The fraction of sp³-hybridized carbons (Fsp3) is 0.600. The highest BCUT2D eigenvalue weighted by molar-refractivity contribution is 5.90. The SMILES string of the molecule is Cc1cncc(NC(=O)CC2CC3CCC(C2)N3)c1. The zero-order valence-corrected chi connectivity index (χ0v) is 11.4. The van der Waals surface area contributed by atoms with E-state index in [1.807, 2.05) is 13.0 Å². The Morgan fingerprint density at radius 3 is 2.79 bits per heavy atom. The first-order chi connectivity index (χ1) is 9.19. The van der Waals surface area contributed by atoms with E-state index < -0.39 is 0 Å². The lowest BCUT2D eigenvalue weighted by Crippen LogP contribution is -2.39. The monoisotopic (exact) mass is 259 g/mol. The number of fused-ring (bicyclic) bond motifs is 2. The van der Waals surface area contributed by atoms with E-state index in [9.17, 15) is 4.79 Å². The maximum absolute atomic E-state index is 12.1. The summed E-state index contributed by atoms with van der Waals surface area (Å²) in [7, 11) is 0. The van der Waals surface area contributed by atoms with Gasteiger partial charge in [-0.1, -0.05) is 0 Å². The van der Waals surface area contributed by atoms with Gasteiger partial charge in [-0.05, 0) is 50.2 Å². The van der Waals surface area contributed by atoms with Crippen LogP contribution in [0.3, 0.4) is 0 Å². The second kappa shape index (κ2) is 5.29. The van der Waals surface area contributed by atoms with Crippen LogP contribution in [0.25, 0.3) is 0 Å². The van der Waals surface area contributed by atoms with E-state index in [0.29, 0.717) is 24.4 Å². The molecule has 4 nitrogen and oxygen atoms in total. The van der Waals surface area contributed by atoms with Crippen molar-refractivity contribution in [1.29, 1.82) is 0 Å². The van der Waals surface area contributed by atoms with Crippen molar-refractivity contribution in [2.75, 3.05) is 5.32 Å². The number of aromatic nitrogens is 1. The molecule has 1 amide bonds. The van der Waals surface area contributed by atoms with E-state index in [2.05, 4.69) is 15.6 Å². The number of hydrogen-bond acceptors (Lipinski definition) is 3. The van der Waals surface area contributed by atoms with Crippen molar-refractivity contribution in [1.82, 2.24) is 10.3 Å². The molecule has 2 aliphatic rings. The maximum atomic E-state index is 12.1. The quantitative estimate of drug-likeness (QED) is 0.875. The Labute approximate surface area is 114 Å². The molecule has 2 bridgehead atoms. The molecule has 4 heteroatoms. The van der Waals surface area contributed by atoms with Gasteiger partial charge in [0.15, 0.2) is 0 Å². The first-order valence-corrected chi connectivity index (χ1v) is 7.16. The highest BCUT2D eigenvalue weighted by Crippen LogP contribution is 2.32. The van der Waals surface area contributed by atoms with Crippen molar-refractivity contribution >= 4 is 11.6 Å². The molecular formula is C15H21N3O. The summed E-state index contributed by atoms with van der Waals surface area (Å²) >= 11 is 0. The summed E-state index contributed by atoms with van der Waals surface area (Å²) in [6, 6.07) is 3.26. The molecule has 0 spiro atoms. The first-order valence-electron chi connectivity index (χ1n) is 7.16. The zero-order valence-electron chi connectivity index (χ0n) is 11.4. The van der Waals surface area contributed by atoms with Crippen LogP contribution in [0.15, 0.2) is 18.5 Å². The molecule has 19 heavy (non-hydrogen) atoms. The van der Waals surface area contributed by atoms with E-state index in [1.165, 1.54) is 12.8 Å². The van der Waals surface area contributed by atoms with Gasteiger partial charge in [0.25, 0.3) is 0 Å². The number of aryl methyl sites for hydroxylation is 1. The largest absolute Gasteiger partial charge is 0.325 e. The van der Waals surface area contributed by atoms with Crippen LogP contribution in [0.1, 0.15) is 37.7 Å². The van der Waals surface area contributed by atoms with Crippen LogP contribution >= 0.6 is 0 Å². The van der Waals surface area contributed by atoms with Crippen LogP contribution < -0.4 is 10.6 Å². The minimum Gasteiger partial charge on any atom is -0.325 e. The second-order valence-corrected chi connectivity index (χ2v) is 5.98. The zero-order chi connectivity index (χ0) is 13.2. The molecule has 1 aromatic rings. The van der Waals surface area contributed by atoms with Crippen molar-refractivity contribution in [2.24, 2.45) is 5.92 Å². The summed E-state index contributed by atoms with van der Waals surface area (Å²) in [5.74, 6) is 0.662. The van der Waals surface area contributed by atoms with Gasteiger partial charge < -0.3 is 10.6 Å². The number of nitrogens with one attached hydrogen (secondary N) is 2. The van der Waals surface area contributed by atoms with E-state index in [1.54, 1.807) is 12.4 Å². The molecule has 2 unspecified atom stereocenters. The highest BCUT2D eigenvalue weighted by atomic mass is 16.1. The predicted octanol–water partition coefficient (Wildman–Crippen LogP) is 2.25. The van der Waals surface area contributed by atoms with Crippen LogP contribution in [0.2, 0.25) is 0 Å². The van der Waals surface area contributed by atoms with Crippen LogP contribution in [0.4, 0.5) is 5.69 Å². The molecule has 0 aliphatic carbocycles. The number of nitrogens with zero attached hydrogens (tertiary/aromatic N) is 1. The molecule has 3 heterocycles. The molecule has 1 aromatic heterocycles. The summed E-state index contributed by atoms with van der Waals surface area (Å²) < 4.78 is 0. The number of pyridine rings is 1. The summed E-state index contributed by atoms with van der Waals surface area (Å²) in [6.07, 6.45) is 9.00. The van der Waals surface area contributed by atoms with Gasteiger partial charge in [-0.25, -0.2) is 0 Å². The van der Waals surface area contributed by atoms with Gasteiger partial charge in [-0.15, -0.1) is 0 Å². The number of piperidine rings is 1. The van der Waals surface area contributed by atoms with E-state index in [4.69, 9.17) is 0 Å². The predicted molar refractivity (Wildman–Crippen MR) is 74.9 cm³/mol. The summed E-state index contributed by atoms with van der Waals surface area (Å²) in [6.45, 7) is 1.98. The number of carbonyl (C=O) groups is 1. The summed E-state index contributed by atoms with van der Waals surface area (Å²) in [5.41, 5.74) is 1.87. The van der Waals surface area contributed by atoms with E-state index in [0.717, 1.165) is 24.1 Å². The molecule has 2 fully saturated rings. The number of amides is 1. The topological polar surface area (TPSA) is 54.0 Å². The molecule has 2 aliphatic heterocycles. The van der Waals surface area contributed by atoms with Crippen LogP contribution in [-0.2, 0) is 4.79 Å². The molecule has 102 valence electrons. The first kappa shape index (κ1) is 12.6. The minimum atomic E-state index is 0.124. The fourth-order valence-corrected chi connectivity index (χ4v) is 3.44. The lowest BCUT2D eigenvalue weighted by molar-refractivity contribution is -0.117. The van der Waals surface area contributed by atoms with Gasteiger partial charge in [0.1, 0.15) is 0 Å². The number of carbonyl (C=O) groups excluding carboxylic acids is 1. The van der Waals surface area contributed by atoms with Crippen molar-refractivity contribution in [3.63, 3.8) is 0 Å². The average molecular weight is 259 g/mol.